The zero-order valence-corrected chi connectivity index (χ0v) is 14.0. The van der Waals surface area contributed by atoms with Crippen molar-refractivity contribution >= 4 is 5.91 Å². The van der Waals surface area contributed by atoms with Gasteiger partial charge in [0, 0.05) is 32.7 Å². The van der Waals surface area contributed by atoms with Gasteiger partial charge in [-0.2, -0.15) is 0 Å². The highest BCUT2D eigenvalue weighted by molar-refractivity contribution is 5.95. The number of hydrogen-bond acceptors (Lipinski definition) is 5. The number of furan rings is 1. The van der Waals surface area contributed by atoms with E-state index in [1.54, 1.807) is 7.11 Å². The van der Waals surface area contributed by atoms with Gasteiger partial charge in [-0.1, -0.05) is 0 Å². The fraction of sp³-hybridized carbons (Fsp3) is 0.562. The van der Waals surface area contributed by atoms with Gasteiger partial charge in [-0.15, -0.1) is 10.2 Å². The first-order valence-electron chi connectivity index (χ1n) is 7.79. The summed E-state index contributed by atoms with van der Waals surface area (Å²) in [5.74, 6) is 3.15. The first kappa shape index (κ1) is 15.7. The lowest BCUT2D eigenvalue weighted by Gasteiger charge is -2.26. The van der Waals surface area contributed by atoms with Crippen molar-refractivity contribution in [1.82, 2.24) is 19.7 Å². The molecule has 2 aromatic heterocycles. The third kappa shape index (κ3) is 2.88. The molecule has 7 heteroatoms. The third-order valence-corrected chi connectivity index (χ3v) is 4.28. The van der Waals surface area contributed by atoms with E-state index in [0.29, 0.717) is 37.4 Å². The molecule has 1 amide bonds. The van der Waals surface area contributed by atoms with Crippen molar-refractivity contribution in [2.45, 2.75) is 46.4 Å². The predicted octanol–water partition coefficient (Wildman–Crippen LogP) is 1.72. The zero-order chi connectivity index (χ0) is 16.6. The summed E-state index contributed by atoms with van der Waals surface area (Å²) in [4.78, 5) is 14.8. The normalized spacial score (nSPS) is 17.9. The van der Waals surface area contributed by atoms with E-state index in [2.05, 4.69) is 14.8 Å². The Morgan fingerprint density at radius 1 is 1.39 bits per heavy atom. The fourth-order valence-corrected chi connectivity index (χ4v) is 3.12. The van der Waals surface area contributed by atoms with Crippen LogP contribution in [0.1, 0.15) is 40.5 Å². The summed E-state index contributed by atoms with van der Waals surface area (Å²) in [6, 6.07) is 1.86. The Morgan fingerprint density at radius 3 is 2.83 bits per heavy atom. The summed E-state index contributed by atoms with van der Waals surface area (Å²) in [5.41, 5.74) is 0.643. The summed E-state index contributed by atoms with van der Waals surface area (Å²) in [6.07, 6.45) is 0.679. The van der Waals surface area contributed by atoms with Gasteiger partial charge in [0.15, 0.2) is 5.82 Å². The van der Waals surface area contributed by atoms with E-state index in [-0.39, 0.29) is 11.9 Å². The monoisotopic (exact) mass is 318 g/mol. The largest absolute Gasteiger partial charge is 0.466 e. The average Bonchev–Trinajstić information content (AvgIpc) is 2.98. The van der Waals surface area contributed by atoms with Crippen molar-refractivity contribution in [1.29, 1.82) is 0 Å². The van der Waals surface area contributed by atoms with E-state index in [1.807, 2.05) is 31.7 Å². The molecule has 3 heterocycles. The number of aromatic nitrogens is 3. The van der Waals surface area contributed by atoms with Crippen LogP contribution in [0.4, 0.5) is 0 Å². The Hall–Kier alpha value is -2.15. The van der Waals surface area contributed by atoms with Crippen molar-refractivity contribution in [3.05, 3.63) is 34.8 Å². The number of carbonyl (C=O) groups is 1. The molecule has 0 N–H and O–H groups in total. The van der Waals surface area contributed by atoms with E-state index in [9.17, 15) is 4.79 Å². The summed E-state index contributed by atoms with van der Waals surface area (Å²) in [6.45, 7) is 7.44. The Kier molecular flexibility index (Phi) is 4.21. The number of carbonyl (C=O) groups excluding carboxylic acids is 1. The van der Waals surface area contributed by atoms with Gasteiger partial charge >= 0.3 is 0 Å². The Balaban J connectivity index is 1.84. The highest BCUT2D eigenvalue weighted by atomic mass is 16.5. The number of hydrogen-bond donors (Lipinski definition) is 0. The van der Waals surface area contributed by atoms with E-state index >= 15 is 0 Å². The van der Waals surface area contributed by atoms with Gasteiger partial charge in [0.2, 0.25) is 0 Å². The third-order valence-electron chi connectivity index (χ3n) is 4.28. The maximum atomic E-state index is 12.9. The molecule has 0 aliphatic carbocycles. The molecule has 7 nitrogen and oxygen atoms in total. The summed E-state index contributed by atoms with van der Waals surface area (Å²) in [5, 5.41) is 8.43. The number of rotatable bonds is 3. The van der Waals surface area contributed by atoms with Crippen LogP contribution in [0.15, 0.2) is 10.5 Å². The van der Waals surface area contributed by atoms with E-state index in [1.165, 1.54) is 0 Å². The Bertz CT molecular complexity index is 719. The van der Waals surface area contributed by atoms with Crippen molar-refractivity contribution in [3.8, 4) is 0 Å². The van der Waals surface area contributed by atoms with Crippen molar-refractivity contribution < 1.29 is 13.9 Å². The second-order valence-electron chi connectivity index (χ2n) is 6.00. The fourth-order valence-electron chi connectivity index (χ4n) is 3.12. The van der Waals surface area contributed by atoms with Gasteiger partial charge < -0.3 is 18.6 Å². The van der Waals surface area contributed by atoms with Gasteiger partial charge in [0.25, 0.3) is 5.91 Å². The first-order valence-corrected chi connectivity index (χ1v) is 7.79. The van der Waals surface area contributed by atoms with Crippen LogP contribution in [0.5, 0.6) is 0 Å². The predicted molar refractivity (Wildman–Crippen MR) is 83.1 cm³/mol. The minimum absolute atomic E-state index is 0.0128. The highest BCUT2D eigenvalue weighted by Crippen LogP contribution is 2.21. The number of ether oxygens (including phenoxy) is 1. The van der Waals surface area contributed by atoms with Crippen LogP contribution in [-0.4, -0.2) is 45.3 Å². The molecule has 0 bridgehead atoms. The molecular weight excluding hydrogens is 296 g/mol. The standard InChI is InChI=1S/C16H22N4O3/c1-10-7-14-17-18-15(9-22-4)20(14)6-5-19(10)16(21)13-8-11(2)23-12(13)3/h8,10H,5-7,9H2,1-4H3. The molecule has 2 aromatic rings. The molecule has 1 atom stereocenters. The summed E-state index contributed by atoms with van der Waals surface area (Å²) in [7, 11) is 1.64. The summed E-state index contributed by atoms with van der Waals surface area (Å²) >= 11 is 0. The lowest BCUT2D eigenvalue weighted by atomic mass is 10.1. The number of amides is 1. The van der Waals surface area contributed by atoms with Crippen LogP contribution in [0.3, 0.4) is 0 Å². The van der Waals surface area contributed by atoms with Crippen LogP contribution in [0, 0.1) is 13.8 Å². The van der Waals surface area contributed by atoms with E-state index < -0.39 is 0 Å². The smallest absolute Gasteiger partial charge is 0.257 e. The second kappa shape index (κ2) is 6.16. The molecule has 1 unspecified atom stereocenters. The Labute approximate surface area is 135 Å². The average molecular weight is 318 g/mol. The Morgan fingerprint density at radius 2 is 2.17 bits per heavy atom. The molecule has 0 aromatic carbocycles. The minimum atomic E-state index is 0.0128. The van der Waals surface area contributed by atoms with Crippen molar-refractivity contribution in [2.24, 2.45) is 0 Å². The maximum Gasteiger partial charge on any atom is 0.257 e. The van der Waals surface area contributed by atoms with E-state index in [0.717, 1.165) is 17.4 Å². The zero-order valence-electron chi connectivity index (χ0n) is 14.0. The van der Waals surface area contributed by atoms with E-state index in [4.69, 9.17) is 9.15 Å². The van der Waals surface area contributed by atoms with Crippen LogP contribution in [0.2, 0.25) is 0 Å². The van der Waals surface area contributed by atoms with Crippen LogP contribution < -0.4 is 0 Å². The van der Waals surface area contributed by atoms with Crippen molar-refractivity contribution in [2.75, 3.05) is 13.7 Å². The molecule has 3 rings (SSSR count). The number of aryl methyl sites for hydroxylation is 2. The van der Waals surface area contributed by atoms with Gasteiger partial charge in [-0.3, -0.25) is 4.79 Å². The number of fused-ring (bicyclic) bond motifs is 1. The second-order valence-corrected chi connectivity index (χ2v) is 6.00. The molecule has 0 saturated heterocycles. The highest BCUT2D eigenvalue weighted by Gasteiger charge is 2.29. The first-order chi connectivity index (χ1) is 11.0. The van der Waals surface area contributed by atoms with Gasteiger partial charge in [-0.25, -0.2) is 0 Å². The molecular formula is C16H22N4O3. The number of methoxy groups -OCH3 is 1. The molecule has 23 heavy (non-hydrogen) atoms. The molecule has 1 aliphatic heterocycles. The van der Waals surface area contributed by atoms with Gasteiger partial charge in [0.05, 0.1) is 5.56 Å². The SMILES string of the molecule is COCc1nnc2n1CCN(C(=O)c1cc(C)oc1C)C(C)C2. The molecule has 124 valence electrons. The lowest BCUT2D eigenvalue weighted by molar-refractivity contribution is 0.0693. The van der Waals surface area contributed by atoms with Crippen LogP contribution in [0.25, 0.3) is 0 Å². The summed E-state index contributed by atoms with van der Waals surface area (Å²) < 4.78 is 12.7. The van der Waals surface area contributed by atoms with Crippen molar-refractivity contribution in [3.63, 3.8) is 0 Å². The molecule has 0 saturated carbocycles. The van der Waals surface area contributed by atoms with Crippen LogP contribution >= 0.6 is 0 Å². The van der Waals surface area contributed by atoms with Gasteiger partial charge in [0.1, 0.15) is 24.0 Å². The van der Waals surface area contributed by atoms with Gasteiger partial charge in [-0.05, 0) is 26.8 Å². The quantitative estimate of drug-likeness (QED) is 0.861. The molecule has 0 spiro atoms. The minimum Gasteiger partial charge on any atom is -0.466 e. The molecule has 1 aliphatic rings. The number of nitrogens with zero attached hydrogens (tertiary/aromatic N) is 4. The molecule has 0 fully saturated rings. The molecule has 0 radical (unpaired) electrons. The maximum absolute atomic E-state index is 12.9. The topological polar surface area (TPSA) is 73.4 Å². The lowest BCUT2D eigenvalue weighted by Crippen LogP contribution is -2.40. The van der Waals surface area contributed by atoms with Crippen LogP contribution in [-0.2, 0) is 24.3 Å².